The highest BCUT2D eigenvalue weighted by Crippen LogP contribution is 2.10. The van der Waals surface area contributed by atoms with Crippen molar-refractivity contribution in [2.45, 2.75) is 47.3 Å². The minimum Gasteiger partial charge on any atom is -0.374 e. The van der Waals surface area contributed by atoms with Crippen LogP contribution in [0, 0.1) is 5.92 Å². The summed E-state index contributed by atoms with van der Waals surface area (Å²) >= 11 is 0. The normalized spacial score (nSPS) is 17.1. The molecular formula is C24H42IN5O2. The second-order valence-electron chi connectivity index (χ2n) is 8.40. The largest absolute Gasteiger partial charge is 0.374 e. The van der Waals surface area contributed by atoms with Crippen molar-refractivity contribution in [3.05, 3.63) is 35.4 Å². The average Bonchev–Trinajstić information content (AvgIpc) is 2.76. The third-order valence-corrected chi connectivity index (χ3v) is 5.36. The topological polar surface area (TPSA) is 69.2 Å². The van der Waals surface area contributed by atoms with E-state index in [1.807, 2.05) is 43.0 Å². The lowest BCUT2D eigenvalue weighted by atomic mass is 10.1. The van der Waals surface area contributed by atoms with Crippen LogP contribution in [-0.2, 0) is 11.3 Å². The predicted molar refractivity (Wildman–Crippen MR) is 143 cm³/mol. The van der Waals surface area contributed by atoms with Crippen molar-refractivity contribution in [2.24, 2.45) is 10.9 Å². The van der Waals surface area contributed by atoms with Crippen molar-refractivity contribution >= 4 is 35.8 Å². The van der Waals surface area contributed by atoms with Crippen LogP contribution in [0.3, 0.4) is 0 Å². The van der Waals surface area contributed by atoms with E-state index in [4.69, 9.17) is 9.73 Å². The van der Waals surface area contributed by atoms with Crippen molar-refractivity contribution in [3.63, 3.8) is 0 Å². The summed E-state index contributed by atoms with van der Waals surface area (Å²) in [6, 6.07) is 7.76. The minimum atomic E-state index is 0. The molecule has 0 spiro atoms. The first-order chi connectivity index (χ1) is 15.0. The Bertz CT molecular complexity index is 692. The summed E-state index contributed by atoms with van der Waals surface area (Å²) in [5.41, 5.74) is 1.80. The Hall–Kier alpha value is -1.39. The van der Waals surface area contributed by atoms with Crippen LogP contribution >= 0.6 is 24.0 Å². The van der Waals surface area contributed by atoms with Crippen molar-refractivity contribution in [3.8, 4) is 0 Å². The monoisotopic (exact) mass is 559 g/mol. The molecule has 32 heavy (non-hydrogen) atoms. The maximum absolute atomic E-state index is 12.5. The van der Waals surface area contributed by atoms with Crippen LogP contribution in [0.15, 0.2) is 29.3 Å². The number of nitrogens with one attached hydrogen (secondary N) is 2. The van der Waals surface area contributed by atoms with Crippen LogP contribution in [0.1, 0.15) is 50.5 Å². The summed E-state index contributed by atoms with van der Waals surface area (Å²) in [6.45, 7) is 18.0. The average molecular weight is 560 g/mol. The van der Waals surface area contributed by atoms with Crippen LogP contribution in [-0.4, -0.2) is 80.2 Å². The maximum Gasteiger partial charge on any atom is 0.253 e. The number of ether oxygens (including phenoxy) is 1. The number of nitrogens with zero attached hydrogens (tertiary/aromatic N) is 3. The van der Waals surface area contributed by atoms with Crippen LogP contribution in [0.25, 0.3) is 0 Å². The first kappa shape index (κ1) is 28.6. The zero-order valence-corrected chi connectivity index (χ0v) is 22.7. The van der Waals surface area contributed by atoms with E-state index >= 15 is 0 Å². The molecule has 0 saturated carbocycles. The zero-order valence-electron chi connectivity index (χ0n) is 20.4. The molecule has 2 N–H and O–H groups in total. The Kier molecular flexibility index (Phi) is 13.8. The Morgan fingerprint density at radius 3 is 2.47 bits per heavy atom. The smallest absolute Gasteiger partial charge is 0.253 e. The van der Waals surface area contributed by atoms with Gasteiger partial charge >= 0.3 is 0 Å². The maximum atomic E-state index is 12.5. The predicted octanol–water partition coefficient (Wildman–Crippen LogP) is 3.20. The molecule has 0 bridgehead atoms. The Balaban J connectivity index is 0.00000512. The van der Waals surface area contributed by atoms with Gasteiger partial charge in [-0.2, -0.15) is 0 Å². The fourth-order valence-corrected chi connectivity index (χ4v) is 3.75. The zero-order chi connectivity index (χ0) is 22.6. The number of hydrogen-bond donors (Lipinski definition) is 2. The van der Waals surface area contributed by atoms with Crippen LogP contribution in [0.2, 0.25) is 0 Å². The third-order valence-electron chi connectivity index (χ3n) is 5.36. The van der Waals surface area contributed by atoms with Crippen LogP contribution < -0.4 is 10.6 Å². The number of guanidine groups is 1. The SMILES string of the molecule is CCNC(=NCc1ccc(C(=O)N(CC)CC)cc1)NCC1CN(CC(C)C)CCO1.I. The number of carbonyl (C=O) groups is 1. The molecule has 7 nitrogen and oxygen atoms in total. The van der Waals surface area contributed by atoms with Gasteiger partial charge in [-0.05, 0) is 44.4 Å². The third kappa shape index (κ3) is 9.62. The fourth-order valence-electron chi connectivity index (χ4n) is 3.75. The molecule has 182 valence electrons. The van der Waals surface area contributed by atoms with Gasteiger partial charge in [0.2, 0.25) is 0 Å². The lowest BCUT2D eigenvalue weighted by molar-refractivity contribution is -0.0284. The molecule has 2 rings (SSSR count). The molecule has 1 saturated heterocycles. The van der Waals surface area contributed by atoms with Gasteiger partial charge in [0, 0.05) is 51.4 Å². The summed E-state index contributed by atoms with van der Waals surface area (Å²) in [6.07, 6.45) is 0.168. The summed E-state index contributed by atoms with van der Waals surface area (Å²) in [4.78, 5) is 21.5. The molecule has 1 aromatic carbocycles. The van der Waals surface area contributed by atoms with E-state index in [2.05, 4.69) is 36.3 Å². The summed E-state index contributed by atoms with van der Waals surface area (Å²) in [7, 11) is 0. The van der Waals surface area contributed by atoms with E-state index in [1.165, 1.54) is 0 Å². The molecule has 1 aliphatic rings. The van der Waals surface area contributed by atoms with Gasteiger partial charge in [0.1, 0.15) is 0 Å². The van der Waals surface area contributed by atoms with Gasteiger partial charge in [0.05, 0.1) is 19.3 Å². The molecule has 1 unspecified atom stereocenters. The lowest BCUT2D eigenvalue weighted by Crippen LogP contribution is -2.50. The number of amides is 1. The fraction of sp³-hybridized carbons (Fsp3) is 0.667. The number of rotatable bonds is 10. The quantitative estimate of drug-likeness (QED) is 0.262. The molecule has 0 aromatic heterocycles. The highest BCUT2D eigenvalue weighted by Gasteiger charge is 2.21. The molecule has 8 heteroatoms. The van der Waals surface area contributed by atoms with Gasteiger partial charge in [-0.1, -0.05) is 26.0 Å². The van der Waals surface area contributed by atoms with E-state index < -0.39 is 0 Å². The molecule has 0 aliphatic carbocycles. The van der Waals surface area contributed by atoms with Crippen molar-refractivity contribution in [2.75, 3.05) is 52.4 Å². The molecular weight excluding hydrogens is 517 g/mol. The van der Waals surface area contributed by atoms with E-state index in [0.29, 0.717) is 12.5 Å². The lowest BCUT2D eigenvalue weighted by Gasteiger charge is -2.34. The van der Waals surface area contributed by atoms with Gasteiger partial charge < -0.3 is 20.3 Å². The van der Waals surface area contributed by atoms with E-state index in [9.17, 15) is 4.79 Å². The molecule has 1 heterocycles. The van der Waals surface area contributed by atoms with Gasteiger partial charge in [0.15, 0.2) is 5.96 Å². The second-order valence-corrected chi connectivity index (χ2v) is 8.40. The van der Waals surface area contributed by atoms with Gasteiger partial charge in [-0.15, -0.1) is 24.0 Å². The van der Waals surface area contributed by atoms with Gasteiger partial charge in [-0.25, -0.2) is 4.99 Å². The summed E-state index contributed by atoms with van der Waals surface area (Å²) in [5.74, 6) is 1.53. The Morgan fingerprint density at radius 1 is 1.19 bits per heavy atom. The molecule has 1 amide bonds. The Morgan fingerprint density at radius 2 is 1.88 bits per heavy atom. The van der Waals surface area contributed by atoms with E-state index in [1.54, 1.807) is 0 Å². The summed E-state index contributed by atoms with van der Waals surface area (Å²) in [5, 5.41) is 6.73. The van der Waals surface area contributed by atoms with E-state index in [-0.39, 0.29) is 36.0 Å². The highest BCUT2D eigenvalue weighted by atomic mass is 127. The standard InChI is InChI=1S/C24H41N5O2.HI/c1-6-25-24(27-16-22-18-28(13-14-31-22)17-19(4)5)26-15-20-9-11-21(12-10-20)23(30)29(7-2)8-3;/h9-12,19,22H,6-8,13-18H2,1-5H3,(H2,25,26,27);1H. The highest BCUT2D eigenvalue weighted by molar-refractivity contribution is 14.0. The number of morpholine rings is 1. The first-order valence-corrected chi connectivity index (χ1v) is 11.7. The van der Waals surface area contributed by atoms with E-state index in [0.717, 1.165) is 69.5 Å². The number of carbonyl (C=O) groups excluding carboxylic acids is 1. The number of benzene rings is 1. The minimum absolute atomic E-state index is 0. The summed E-state index contributed by atoms with van der Waals surface area (Å²) < 4.78 is 5.93. The second kappa shape index (κ2) is 15.4. The van der Waals surface area contributed by atoms with Crippen LogP contribution in [0.5, 0.6) is 0 Å². The van der Waals surface area contributed by atoms with Gasteiger partial charge in [-0.3, -0.25) is 9.69 Å². The number of halogens is 1. The number of hydrogen-bond acceptors (Lipinski definition) is 4. The van der Waals surface area contributed by atoms with Gasteiger partial charge in [0.25, 0.3) is 5.91 Å². The molecule has 1 atom stereocenters. The van der Waals surface area contributed by atoms with Crippen LogP contribution in [0.4, 0.5) is 0 Å². The van der Waals surface area contributed by atoms with Crippen molar-refractivity contribution in [1.82, 2.24) is 20.4 Å². The molecule has 1 aliphatic heterocycles. The number of aliphatic imine (C=N–C) groups is 1. The first-order valence-electron chi connectivity index (χ1n) is 11.7. The molecule has 1 fully saturated rings. The molecule has 0 radical (unpaired) electrons. The molecule has 1 aromatic rings. The van der Waals surface area contributed by atoms with Crippen molar-refractivity contribution in [1.29, 1.82) is 0 Å². The van der Waals surface area contributed by atoms with Crippen molar-refractivity contribution < 1.29 is 9.53 Å². The Labute approximate surface area is 211 Å².